The zero-order valence-electron chi connectivity index (χ0n) is 22.2. The first-order chi connectivity index (χ1) is 18.5. The summed E-state index contributed by atoms with van der Waals surface area (Å²) in [7, 11) is 2.07. The van der Waals surface area contributed by atoms with Gasteiger partial charge >= 0.3 is 0 Å². The van der Waals surface area contributed by atoms with E-state index in [0.29, 0.717) is 28.8 Å². The molecule has 0 spiro atoms. The van der Waals surface area contributed by atoms with Crippen LogP contribution in [0.15, 0.2) is 79.6 Å². The maximum atomic E-state index is 12.6. The van der Waals surface area contributed by atoms with E-state index in [1.165, 1.54) is 24.2 Å². The molecule has 3 aromatic rings. The monoisotopic (exact) mass is 510 g/mol. The maximum absolute atomic E-state index is 12.6. The highest BCUT2D eigenvalue weighted by molar-refractivity contribution is 6.05. The van der Waals surface area contributed by atoms with Crippen molar-refractivity contribution in [3.8, 4) is 0 Å². The molecule has 5 rings (SSSR count). The Morgan fingerprint density at radius 1 is 1.08 bits per heavy atom. The van der Waals surface area contributed by atoms with Crippen LogP contribution in [-0.2, 0) is 0 Å². The number of carbonyl (C=O) groups excluding carboxylic acids is 1. The normalized spacial score (nSPS) is 18.3. The van der Waals surface area contributed by atoms with Crippen molar-refractivity contribution in [1.29, 1.82) is 0 Å². The predicted molar refractivity (Wildman–Crippen MR) is 157 cm³/mol. The molecule has 7 heteroatoms. The number of amides is 1. The van der Waals surface area contributed by atoms with E-state index in [-0.39, 0.29) is 5.91 Å². The molecule has 38 heavy (non-hydrogen) atoms. The van der Waals surface area contributed by atoms with Crippen molar-refractivity contribution in [3.05, 3.63) is 90.8 Å². The first kappa shape index (κ1) is 25.8. The van der Waals surface area contributed by atoms with Gasteiger partial charge in [-0.05, 0) is 79.7 Å². The predicted octanol–water partition coefficient (Wildman–Crippen LogP) is 5.20. The summed E-state index contributed by atoms with van der Waals surface area (Å²) in [6, 6.07) is 19.8. The molecule has 1 unspecified atom stereocenters. The number of piperidine rings is 1. The molecule has 1 amide bonds. The van der Waals surface area contributed by atoms with E-state index in [0.717, 1.165) is 44.8 Å². The van der Waals surface area contributed by atoms with Crippen LogP contribution in [0.25, 0.3) is 0 Å². The topological polar surface area (TPSA) is 77.7 Å². The van der Waals surface area contributed by atoms with E-state index < -0.39 is 0 Å². The lowest BCUT2D eigenvalue weighted by molar-refractivity contribution is 0.102. The summed E-state index contributed by atoms with van der Waals surface area (Å²) in [5.74, 6) is 2.01. The lowest BCUT2D eigenvalue weighted by Gasteiger charge is -2.34. The van der Waals surface area contributed by atoms with Crippen LogP contribution in [0.4, 0.5) is 22.9 Å². The van der Waals surface area contributed by atoms with Crippen molar-refractivity contribution in [2.75, 3.05) is 60.6 Å². The smallest absolute Gasteiger partial charge is 0.257 e. The van der Waals surface area contributed by atoms with Gasteiger partial charge < -0.3 is 25.8 Å². The number of likely N-dealkylation sites (tertiary alicyclic amines) is 1. The summed E-state index contributed by atoms with van der Waals surface area (Å²) in [6.07, 6.45) is 7.07. The minimum Gasteiger partial charge on any atom is -0.397 e. The Kier molecular flexibility index (Phi) is 7.94. The number of nitrogens with zero attached hydrogens (tertiary/aromatic N) is 4. The number of benzene rings is 2. The highest BCUT2D eigenvalue weighted by atomic mass is 16.1. The molecular weight excluding hydrogens is 472 g/mol. The molecule has 2 aliphatic heterocycles. The summed E-state index contributed by atoms with van der Waals surface area (Å²) in [6.45, 7) is 9.38. The van der Waals surface area contributed by atoms with Gasteiger partial charge in [-0.2, -0.15) is 0 Å². The maximum Gasteiger partial charge on any atom is 0.257 e. The van der Waals surface area contributed by atoms with Gasteiger partial charge in [0.05, 0.1) is 16.9 Å². The molecule has 0 bridgehead atoms. The molecule has 1 aromatic heterocycles. The quantitative estimate of drug-likeness (QED) is 0.406. The number of nitrogens with two attached hydrogens (primary N) is 1. The molecule has 1 atom stereocenters. The van der Waals surface area contributed by atoms with E-state index in [9.17, 15) is 4.79 Å². The third-order valence-electron chi connectivity index (χ3n) is 7.98. The number of nitrogens with one attached hydrogen (secondary N) is 1. The molecule has 2 aliphatic rings. The largest absolute Gasteiger partial charge is 0.397 e. The fourth-order valence-corrected chi connectivity index (χ4v) is 5.73. The van der Waals surface area contributed by atoms with Gasteiger partial charge in [0, 0.05) is 45.1 Å². The molecule has 2 aromatic carbocycles. The second-order valence-corrected chi connectivity index (χ2v) is 10.5. The van der Waals surface area contributed by atoms with Crippen molar-refractivity contribution in [3.63, 3.8) is 0 Å². The summed E-state index contributed by atoms with van der Waals surface area (Å²) >= 11 is 0. The standard InChI is InChI=1S/C31H38N6O/c1-3-35(2)29-11-7-4-8-26(29)25-16-17-36(22-25)21-23-14-18-37(19-15-23)30-13-12-24(20-33-30)31(38)34-28-10-6-5-9-27(28)32/h3-13,20,23,25H,1,14-19,21-22,32H2,2H3,(H,34,38). The number of pyridine rings is 1. The third kappa shape index (κ3) is 5.83. The number of hydrogen-bond donors (Lipinski definition) is 2. The molecule has 3 heterocycles. The van der Waals surface area contributed by atoms with Crippen molar-refractivity contribution >= 4 is 28.8 Å². The molecule has 198 valence electrons. The highest BCUT2D eigenvalue weighted by Crippen LogP contribution is 2.35. The van der Waals surface area contributed by atoms with Gasteiger partial charge in [-0.3, -0.25) is 4.79 Å². The zero-order valence-corrected chi connectivity index (χ0v) is 22.2. The molecule has 2 saturated heterocycles. The van der Waals surface area contributed by atoms with E-state index >= 15 is 0 Å². The average Bonchev–Trinajstić information content (AvgIpc) is 3.42. The van der Waals surface area contributed by atoms with Gasteiger partial charge in [0.1, 0.15) is 5.82 Å². The fourth-order valence-electron chi connectivity index (χ4n) is 5.73. The molecule has 0 aliphatic carbocycles. The Labute approximate surface area is 226 Å². The number of hydrogen-bond acceptors (Lipinski definition) is 6. The molecule has 0 radical (unpaired) electrons. The number of rotatable bonds is 8. The Bertz CT molecular complexity index is 1250. The molecular formula is C31H38N6O. The van der Waals surface area contributed by atoms with Gasteiger partial charge in [0.2, 0.25) is 0 Å². The van der Waals surface area contributed by atoms with Crippen molar-refractivity contribution in [2.45, 2.75) is 25.2 Å². The van der Waals surface area contributed by atoms with E-state index in [1.807, 2.05) is 30.5 Å². The van der Waals surface area contributed by atoms with Crippen molar-refractivity contribution in [1.82, 2.24) is 9.88 Å². The van der Waals surface area contributed by atoms with Gasteiger partial charge in [-0.25, -0.2) is 4.98 Å². The zero-order chi connectivity index (χ0) is 26.5. The number of carbonyl (C=O) groups is 1. The minimum atomic E-state index is -0.205. The summed E-state index contributed by atoms with van der Waals surface area (Å²) in [4.78, 5) is 24.3. The van der Waals surface area contributed by atoms with Crippen LogP contribution in [0.3, 0.4) is 0 Å². The number of aromatic nitrogens is 1. The van der Waals surface area contributed by atoms with Crippen LogP contribution in [0.5, 0.6) is 0 Å². The number of para-hydroxylation sites is 3. The molecule has 3 N–H and O–H groups in total. The van der Waals surface area contributed by atoms with Crippen molar-refractivity contribution < 1.29 is 4.79 Å². The van der Waals surface area contributed by atoms with Crippen LogP contribution in [-0.4, -0.2) is 55.6 Å². The summed E-state index contributed by atoms with van der Waals surface area (Å²) in [5.41, 5.74) is 10.3. The second-order valence-electron chi connectivity index (χ2n) is 10.5. The van der Waals surface area contributed by atoms with Gasteiger partial charge in [0.25, 0.3) is 5.91 Å². The van der Waals surface area contributed by atoms with E-state index in [4.69, 9.17) is 5.73 Å². The first-order valence-corrected chi connectivity index (χ1v) is 13.6. The highest BCUT2D eigenvalue weighted by Gasteiger charge is 2.29. The second kappa shape index (κ2) is 11.7. The Balaban J connectivity index is 1.11. The van der Waals surface area contributed by atoms with Gasteiger partial charge in [-0.1, -0.05) is 36.9 Å². The average molecular weight is 511 g/mol. The van der Waals surface area contributed by atoms with Crippen LogP contribution >= 0.6 is 0 Å². The minimum absolute atomic E-state index is 0.205. The Morgan fingerprint density at radius 2 is 1.84 bits per heavy atom. The lowest BCUT2D eigenvalue weighted by Crippen LogP contribution is -2.38. The van der Waals surface area contributed by atoms with Crippen molar-refractivity contribution in [2.24, 2.45) is 5.92 Å². The molecule has 7 nitrogen and oxygen atoms in total. The van der Waals surface area contributed by atoms with E-state index in [2.05, 4.69) is 62.9 Å². The van der Waals surface area contributed by atoms with Crippen LogP contribution < -0.4 is 20.9 Å². The Hall–Kier alpha value is -3.84. The third-order valence-corrected chi connectivity index (χ3v) is 7.98. The summed E-state index contributed by atoms with van der Waals surface area (Å²) in [5, 5.41) is 2.86. The lowest BCUT2D eigenvalue weighted by atomic mass is 9.95. The number of nitrogen functional groups attached to an aromatic ring is 1. The van der Waals surface area contributed by atoms with Crippen LogP contribution in [0.1, 0.15) is 41.1 Å². The van der Waals surface area contributed by atoms with Crippen LogP contribution in [0.2, 0.25) is 0 Å². The first-order valence-electron chi connectivity index (χ1n) is 13.6. The molecule has 0 saturated carbocycles. The Morgan fingerprint density at radius 3 is 2.58 bits per heavy atom. The van der Waals surface area contributed by atoms with Gasteiger partial charge in [-0.15, -0.1) is 0 Å². The number of anilines is 4. The summed E-state index contributed by atoms with van der Waals surface area (Å²) < 4.78 is 0. The molecule has 2 fully saturated rings. The van der Waals surface area contributed by atoms with E-state index in [1.54, 1.807) is 18.3 Å². The fraction of sp³-hybridized carbons (Fsp3) is 0.355. The van der Waals surface area contributed by atoms with Gasteiger partial charge in [0.15, 0.2) is 0 Å². The SMILES string of the molecule is C=CN(C)c1ccccc1C1CCN(CC2CCN(c3ccc(C(=O)Nc4ccccc4N)cn3)CC2)C1. The van der Waals surface area contributed by atoms with Crippen LogP contribution in [0, 0.1) is 5.92 Å².